The van der Waals surface area contributed by atoms with Gasteiger partial charge in [-0.15, -0.1) is 0 Å². The van der Waals surface area contributed by atoms with Crippen LogP contribution in [-0.4, -0.2) is 146 Å². The maximum Gasteiger partial charge on any atom is 0.303 e. The Balaban J connectivity index is 1.45. The van der Waals surface area contributed by atoms with E-state index in [-0.39, 0.29) is 36.0 Å². The molecule has 0 unspecified atom stereocenters. The zero-order valence-electron chi connectivity index (χ0n) is 48.5. The van der Waals surface area contributed by atoms with Gasteiger partial charge in [0.25, 0.3) is 0 Å². The van der Waals surface area contributed by atoms with Gasteiger partial charge in [-0.3, -0.25) is 43.2 Å². The summed E-state index contributed by atoms with van der Waals surface area (Å²) in [4.78, 5) is 114. The molecular weight excluding hydrogens is 1040 g/mol. The summed E-state index contributed by atoms with van der Waals surface area (Å²) in [6, 6.07) is 0. The van der Waals surface area contributed by atoms with E-state index >= 15 is 0 Å². The Bertz CT molecular complexity index is 2300. The van der Waals surface area contributed by atoms with Crippen molar-refractivity contribution in [2.75, 3.05) is 6.61 Å². The van der Waals surface area contributed by atoms with Crippen molar-refractivity contribution in [3.8, 4) is 0 Å². The van der Waals surface area contributed by atoms with Crippen LogP contribution in [0.3, 0.4) is 0 Å². The molecule has 0 N–H and O–H groups in total. The van der Waals surface area contributed by atoms with E-state index in [2.05, 4.69) is 40.7 Å². The number of fused-ring (bicyclic) bond motifs is 5. The average Bonchev–Trinajstić information content (AvgIpc) is 3.84. The smallest absolute Gasteiger partial charge is 0.303 e. The first kappa shape index (κ1) is 63.0. The molecule has 2 saturated heterocycles. The molecule has 0 aromatic heterocycles. The van der Waals surface area contributed by atoms with Crippen LogP contribution in [0.2, 0.25) is 0 Å². The second-order valence-electron chi connectivity index (χ2n) is 23.4. The molecule has 6 aliphatic rings. The standard InChI is InChI=1S/C57H84O22/c1-26(2)16-19-43(70-31(7)60)27(3)47-44(77-54-52(75-36(12)65)50(73-34(10)63)48(28(4)68-54)71-32(8)61)24-42-40-18-17-38-22-39(69-30(6)59)23-46(57(38,15)41(40)20-21-56(42,47)14)79-55-53(76-37(13)66)51(74-35(11)64)49(72-33(9)62)45(78-55)25-67-29(5)58/h17,26-28,39-55H,16,18-25H2,1-15H3/t27-,28+,39-,40-,41+,42+,43+,44+,45-,46-,47+,48+,49-,50-,51+,52-,53-,54+,55+,56+,57+/m1/s1. The van der Waals surface area contributed by atoms with Crippen molar-refractivity contribution < 1.29 is 105 Å². The number of allylic oxidation sites excluding steroid dienone is 1. The fourth-order valence-electron chi connectivity index (χ4n) is 14.4. The third kappa shape index (κ3) is 14.7. The minimum absolute atomic E-state index is 0.0666. The maximum absolute atomic E-state index is 13.0. The molecule has 444 valence electrons. The fourth-order valence-corrected chi connectivity index (χ4v) is 14.4. The van der Waals surface area contributed by atoms with Gasteiger partial charge in [-0.25, -0.2) is 0 Å². The first-order chi connectivity index (χ1) is 36.9. The molecule has 2 aliphatic heterocycles. The molecule has 6 rings (SSSR count). The van der Waals surface area contributed by atoms with Crippen molar-refractivity contribution in [3.63, 3.8) is 0 Å². The molecule has 22 heteroatoms. The first-order valence-corrected chi connectivity index (χ1v) is 27.8. The summed E-state index contributed by atoms with van der Waals surface area (Å²) in [6.45, 7) is 22.8. The van der Waals surface area contributed by atoms with Gasteiger partial charge in [0, 0.05) is 80.6 Å². The van der Waals surface area contributed by atoms with Crippen LogP contribution < -0.4 is 0 Å². The minimum Gasteiger partial charge on any atom is -0.463 e. The zero-order chi connectivity index (χ0) is 58.6. The van der Waals surface area contributed by atoms with Crippen LogP contribution in [0, 0.1) is 46.3 Å². The lowest BCUT2D eigenvalue weighted by molar-refractivity contribution is -0.328. The van der Waals surface area contributed by atoms with Gasteiger partial charge in [0.15, 0.2) is 49.2 Å². The fraction of sp³-hybridized carbons (Fsp3) is 0.807. The predicted octanol–water partition coefficient (Wildman–Crippen LogP) is 6.11. The van der Waals surface area contributed by atoms with Crippen LogP contribution in [0.5, 0.6) is 0 Å². The van der Waals surface area contributed by atoms with Crippen molar-refractivity contribution in [2.45, 2.75) is 241 Å². The SMILES string of the molecule is CC(=O)OC[C@H]1O[C@@H](O[C@@H]2C[C@H](OC(C)=O)CC3=CC[C@H]4[C@@H]5C[C@H](O[C@@H]6O[C@@H](C)[C@H](OC(C)=O)[C@@H](OC(C)=O)[C@H]6OC(C)=O)[C@H]([C@H](C)[C@H](CCC(C)C)OC(C)=O)[C@@]5(C)CC[C@@H]4[C@]32C)[C@H](OC(C)=O)[C@@H](OC(C)=O)[C@@H]1OC(C)=O. The van der Waals surface area contributed by atoms with Crippen molar-refractivity contribution in [1.82, 2.24) is 0 Å². The second-order valence-corrected chi connectivity index (χ2v) is 23.4. The Morgan fingerprint density at radius 3 is 1.65 bits per heavy atom. The number of carbonyl (C=O) groups is 9. The van der Waals surface area contributed by atoms with E-state index in [4.69, 9.17) is 61.6 Å². The number of hydrogen-bond acceptors (Lipinski definition) is 22. The lowest BCUT2D eigenvalue weighted by atomic mass is 9.46. The van der Waals surface area contributed by atoms with Crippen molar-refractivity contribution in [2.24, 2.45) is 46.3 Å². The Morgan fingerprint density at radius 2 is 1.11 bits per heavy atom. The van der Waals surface area contributed by atoms with Crippen LogP contribution >= 0.6 is 0 Å². The number of ether oxygens (including phenoxy) is 13. The number of esters is 9. The summed E-state index contributed by atoms with van der Waals surface area (Å²) < 4.78 is 79.4. The summed E-state index contributed by atoms with van der Waals surface area (Å²) in [5, 5.41) is 0. The minimum atomic E-state index is -1.52. The van der Waals surface area contributed by atoms with Gasteiger partial charge < -0.3 is 61.6 Å². The monoisotopic (exact) mass is 1120 g/mol. The quantitative estimate of drug-likeness (QED) is 0.0801. The van der Waals surface area contributed by atoms with Gasteiger partial charge in [-0.1, -0.05) is 46.3 Å². The van der Waals surface area contributed by atoms with E-state index in [1.807, 2.05) is 0 Å². The molecule has 0 spiro atoms. The largest absolute Gasteiger partial charge is 0.463 e. The lowest BCUT2D eigenvalue weighted by Crippen LogP contribution is -2.65. The second kappa shape index (κ2) is 26.2. The Labute approximate surface area is 462 Å². The van der Waals surface area contributed by atoms with Gasteiger partial charge in [-0.2, -0.15) is 0 Å². The molecule has 0 radical (unpaired) electrons. The van der Waals surface area contributed by atoms with Gasteiger partial charge in [-0.05, 0) is 86.4 Å². The van der Waals surface area contributed by atoms with Crippen molar-refractivity contribution in [3.05, 3.63) is 11.6 Å². The molecular formula is C57H84O22. The highest BCUT2D eigenvalue weighted by Gasteiger charge is 2.66. The summed E-state index contributed by atoms with van der Waals surface area (Å²) in [5.74, 6) is -6.69. The summed E-state index contributed by atoms with van der Waals surface area (Å²) in [7, 11) is 0. The highest BCUT2D eigenvalue weighted by Crippen LogP contribution is 2.68. The number of carbonyl (C=O) groups excluding carboxylic acids is 9. The Kier molecular flexibility index (Phi) is 20.9. The molecule has 4 aliphatic carbocycles. The van der Waals surface area contributed by atoms with Crippen molar-refractivity contribution in [1.29, 1.82) is 0 Å². The first-order valence-electron chi connectivity index (χ1n) is 27.8. The van der Waals surface area contributed by atoms with Crippen LogP contribution in [0.25, 0.3) is 0 Å². The number of hydrogen-bond donors (Lipinski definition) is 0. The highest BCUT2D eigenvalue weighted by molar-refractivity contribution is 5.70. The molecule has 3 saturated carbocycles. The van der Waals surface area contributed by atoms with Gasteiger partial charge in [0.05, 0.1) is 18.3 Å². The molecule has 0 aromatic rings. The van der Waals surface area contributed by atoms with E-state index < -0.39 is 157 Å². The zero-order valence-corrected chi connectivity index (χ0v) is 48.5. The summed E-state index contributed by atoms with van der Waals surface area (Å²) in [5.41, 5.74) is -0.359. The maximum atomic E-state index is 13.0. The topological polar surface area (TPSA) is 274 Å². The third-order valence-corrected chi connectivity index (χ3v) is 17.2. The molecule has 79 heavy (non-hydrogen) atoms. The Morgan fingerprint density at radius 1 is 0.595 bits per heavy atom. The van der Waals surface area contributed by atoms with E-state index in [0.717, 1.165) is 32.8 Å². The molecule has 5 fully saturated rings. The van der Waals surface area contributed by atoms with Crippen LogP contribution in [-0.2, 0) is 105 Å². The normalized spacial score (nSPS) is 37.4. The highest BCUT2D eigenvalue weighted by atomic mass is 16.7. The van der Waals surface area contributed by atoms with Crippen molar-refractivity contribution >= 4 is 53.7 Å². The van der Waals surface area contributed by atoms with Crippen LogP contribution in [0.4, 0.5) is 0 Å². The molecule has 0 amide bonds. The van der Waals surface area contributed by atoms with Gasteiger partial charge in [0.2, 0.25) is 0 Å². The molecule has 2 heterocycles. The van der Waals surface area contributed by atoms with Gasteiger partial charge in [0.1, 0.15) is 24.9 Å². The van der Waals surface area contributed by atoms with Crippen LogP contribution in [0.1, 0.15) is 155 Å². The summed E-state index contributed by atoms with van der Waals surface area (Å²) in [6.07, 6.45) is -9.49. The van der Waals surface area contributed by atoms with Gasteiger partial charge >= 0.3 is 53.7 Å². The van der Waals surface area contributed by atoms with Crippen LogP contribution in [0.15, 0.2) is 11.6 Å². The molecule has 0 bridgehead atoms. The molecule has 21 atom stereocenters. The lowest BCUT2D eigenvalue weighted by Gasteiger charge is -2.60. The third-order valence-electron chi connectivity index (χ3n) is 17.2. The number of rotatable bonds is 19. The average molecular weight is 1120 g/mol. The molecule has 22 nitrogen and oxygen atoms in total. The predicted molar refractivity (Wildman–Crippen MR) is 273 cm³/mol. The van der Waals surface area contributed by atoms with E-state index in [1.165, 1.54) is 41.5 Å². The van der Waals surface area contributed by atoms with E-state index in [9.17, 15) is 43.2 Å². The molecule has 0 aromatic carbocycles. The van der Waals surface area contributed by atoms with E-state index in [1.54, 1.807) is 6.92 Å². The van der Waals surface area contributed by atoms with E-state index in [0.29, 0.717) is 44.4 Å². The Hall–Kier alpha value is -5.19. The summed E-state index contributed by atoms with van der Waals surface area (Å²) >= 11 is 0.